The zero-order chi connectivity index (χ0) is 14.2. The van der Waals surface area contributed by atoms with Gasteiger partial charge in [0, 0.05) is 11.9 Å². The summed E-state index contributed by atoms with van der Waals surface area (Å²) >= 11 is 0. The normalized spacial score (nSPS) is 8.95. The van der Waals surface area contributed by atoms with E-state index in [2.05, 4.69) is 13.8 Å². The molecule has 0 spiro atoms. The zero-order valence-corrected chi connectivity index (χ0v) is 13.2. The van der Waals surface area contributed by atoms with E-state index in [1.807, 2.05) is 0 Å². The molecule has 0 aromatic carbocycles. The summed E-state index contributed by atoms with van der Waals surface area (Å²) in [5, 5.41) is 19.7. The van der Waals surface area contributed by atoms with Crippen molar-refractivity contribution in [2.45, 2.75) is 78.1 Å². The van der Waals surface area contributed by atoms with Crippen LogP contribution in [0.2, 0.25) is 0 Å². The van der Waals surface area contributed by atoms with Crippen molar-refractivity contribution in [2.75, 3.05) is 0 Å². The van der Waals surface area contributed by atoms with E-state index in [1.54, 1.807) is 0 Å². The van der Waals surface area contributed by atoms with Crippen molar-refractivity contribution in [3.63, 3.8) is 0 Å². The molecule has 0 saturated heterocycles. The maximum atomic E-state index is 9.85. The molecule has 0 heterocycles. The minimum atomic E-state index is -0.925. The van der Waals surface area contributed by atoms with Gasteiger partial charge >= 0.3 is 17.1 Å². The molecule has 0 N–H and O–H groups in total. The first-order valence-corrected chi connectivity index (χ1v) is 6.94. The Balaban J connectivity index is -0.000000256. The van der Waals surface area contributed by atoms with Crippen LogP contribution in [-0.2, 0) is 26.7 Å². The zero-order valence-electron chi connectivity index (χ0n) is 12.1. The molecule has 114 valence electrons. The average molecular weight is 314 g/mol. The molecule has 0 amide bonds. The molecule has 5 heteroatoms. The van der Waals surface area contributed by atoms with Gasteiger partial charge in [0.2, 0.25) is 0 Å². The minimum Gasteiger partial charge on any atom is -0.550 e. The van der Waals surface area contributed by atoms with Gasteiger partial charge in [-0.2, -0.15) is 0 Å². The standard InChI is InChI=1S/2C7H14O2.Fe/c2*1-2-3-4-5-6-7(8)9;/h2*2-6H2,1H3,(H,8,9);/q;;+2/p-2. The summed E-state index contributed by atoms with van der Waals surface area (Å²) in [5.41, 5.74) is 0. The Morgan fingerprint density at radius 2 is 1.00 bits per heavy atom. The number of carbonyl (C=O) groups excluding carboxylic acids is 2. The van der Waals surface area contributed by atoms with Gasteiger partial charge in [0.1, 0.15) is 0 Å². The van der Waals surface area contributed by atoms with Crippen LogP contribution < -0.4 is 10.2 Å². The third-order valence-corrected chi connectivity index (χ3v) is 2.47. The van der Waals surface area contributed by atoms with Crippen molar-refractivity contribution >= 4 is 11.9 Å². The SMILES string of the molecule is CCCCCCC(=O)[O-].CCCCCCC(=O)[O-].[Fe+2]. The van der Waals surface area contributed by atoms with E-state index in [9.17, 15) is 19.8 Å². The van der Waals surface area contributed by atoms with Crippen molar-refractivity contribution < 1.29 is 36.9 Å². The quantitative estimate of drug-likeness (QED) is 0.451. The first kappa shape index (κ1) is 23.5. The molecule has 4 nitrogen and oxygen atoms in total. The van der Waals surface area contributed by atoms with E-state index in [0.717, 1.165) is 51.4 Å². The van der Waals surface area contributed by atoms with Crippen molar-refractivity contribution in [1.29, 1.82) is 0 Å². The van der Waals surface area contributed by atoms with Crippen LogP contribution in [0.15, 0.2) is 0 Å². The number of carbonyl (C=O) groups is 2. The molecule has 0 aliphatic rings. The molecule has 0 saturated carbocycles. The van der Waals surface area contributed by atoms with Crippen molar-refractivity contribution in [2.24, 2.45) is 0 Å². The smallest absolute Gasteiger partial charge is 0.550 e. The first-order valence-electron chi connectivity index (χ1n) is 6.94. The summed E-state index contributed by atoms with van der Waals surface area (Å²) in [6, 6.07) is 0. The van der Waals surface area contributed by atoms with Gasteiger partial charge in [0.25, 0.3) is 0 Å². The second kappa shape index (κ2) is 19.8. The van der Waals surface area contributed by atoms with Gasteiger partial charge in [0.05, 0.1) is 0 Å². The molecule has 0 rings (SSSR count). The van der Waals surface area contributed by atoms with E-state index in [-0.39, 0.29) is 29.9 Å². The molecule has 0 aromatic heterocycles. The Labute approximate surface area is 127 Å². The van der Waals surface area contributed by atoms with E-state index >= 15 is 0 Å². The maximum Gasteiger partial charge on any atom is 2.00 e. The monoisotopic (exact) mass is 314 g/mol. The number of carboxylic acid groups (broad SMARTS) is 2. The van der Waals surface area contributed by atoms with Crippen LogP contribution in [0.5, 0.6) is 0 Å². The number of rotatable bonds is 10. The second-order valence-electron chi connectivity index (χ2n) is 4.37. The first-order chi connectivity index (χ1) is 8.54. The summed E-state index contributed by atoms with van der Waals surface area (Å²) in [6.07, 6.45) is 8.59. The third-order valence-electron chi connectivity index (χ3n) is 2.47. The fourth-order valence-electron chi connectivity index (χ4n) is 1.39. The number of unbranched alkanes of at least 4 members (excludes halogenated alkanes) is 6. The number of hydrogen-bond acceptors (Lipinski definition) is 4. The second-order valence-corrected chi connectivity index (χ2v) is 4.37. The fourth-order valence-corrected chi connectivity index (χ4v) is 1.39. The van der Waals surface area contributed by atoms with Crippen LogP contribution in [-0.4, -0.2) is 11.9 Å². The average Bonchev–Trinajstić information content (AvgIpc) is 2.31. The van der Waals surface area contributed by atoms with Crippen LogP contribution in [0, 0.1) is 0 Å². The van der Waals surface area contributed by atoms with Crippen molar-refractivity contribution in [3.05, 3.63) is 0 Å². The van der Waals surface area contributed by atoms with Gasteiger partial charge in [-0.25, -0.2) is 0 Å². The molecule has 0 bridgehead atoms. The fraction of sp³-hybridized carbons (Fsp3) is 0.857. The Morgan fingerprint density at radius 1 is 0.684 bits per heavy atom. The molecular weight excluding hydrogens is 288 g/mol. The summed E-state index contributed by atoms with van der Waals surface area (Å²) in [6.45, 7) is 4.19. The molecule has 0 atom stereocenters. The Bertz CT molecular complexity index is 186. The van der Waals surface area contributed by atoms with Gasteiger partial charge in [-0.15, -0.1) is 0 Å². The Morgan fingerprint density at radius 3 is 1.21 bits per heavy atom. The predicted octanol–water partition coefficient (Wildman–Crippen LogP) is 1.41. The largest absolute Gasteiger partial charge is 2.00 e. The van der Waals surface area contributed by atoms with Crippen molar-refractivity contribution in [3.8, 4) is 0 Å². The van der Waals surface area contributed by atoms with Crippen LogP contribution in [0.1, 0.15) is 78.1 Å². The van der Waals surface area contributed by atoms with Gasteiger partial charge in [-0.1, -0.05) is 52.4 Å². The van der Waals surface area contributed by atoms with E-state index in [4.69, 9.17) is 0 Å². The predicted molar refractivity (Wildman–Crippen MR) is 67.5 cm³/mol. The van der Waals surface area contributed by atoms with Crippen LogP contribution in [0.25, 0.3) is 0 Å². The molecule has 0 unspecified atom stereocenters. The molecule has 0 radical (unpaired) electrons. The molecule has 0 aromatic rings. The number of aliphatic carboxylic acids is 2. The topological polar surface area (TPSA) is 80.3 Å². The van der Waals surface area contributed by atoms with Gasteiger partial charge < -0.3 is 19.8 Å². The molecular formula is C14H26FeO4. The van der Waals surface area contributed by atoms with Crippen LogP contribution >= 0.6 is 0 Å². The molecule has 0 fully saturated rings. The summed E-state index contributed by atoms with van der Waals surface area (Å²) in [5.74, 6) is -1.85. The van der Waals surface area contributed by atoms with E-state index in [1.165, 1.54) is 0 Å². The van der Waals surface area contributed by atoms with E-state index in [0.29, 0.717) is 0 Å². The third kappa shape index (κ3) is 31.8. The van der Waals surface area contributed by atoms with Crippen LogP contribution in [0.3, 0.4) is 0 Å². The Hall–Kier alpha value is -0.541. The van der Waals surface area contributed by atoms with Gasteiger partial charge in [-0.3, -0.25) is 0 Å². The molecule has 0 aliphatic carbocycles. The summed E-state index contributed by atoms with van der Waals surface area (Å²) in [7, 11) is 0. The molecule has 19 heavy (non-hydrogen) atoms. The summed E-state index contributed by atoms with van der Waals surface area (Å²) < 4.78 is 0. The van der Waals surface area contributed by atoms with E-state index < -0.39 is 11.9 Å². The van der Waals surface area contributed by atoms with Crippen molar-refractivity contribution in [1.82, 2.24) is 0 Å². The maximum absolute atomic E-state index is 9.85. The van der Waals surface area contributed by atoms with Gasteiger partial charge in [0.15, 0.2) is 0 Å². The number of carboxylic acids is 2. The Kier molecular flexibility index (Phi) is 24.5. The summed E-state index contributed by atoms with van der Waals surface area (Å²) in [4.78, 5) is 19.7. The molecule has 0 aliphatic heterocycles. The number of hydrogen-bond donors (Lipinski definition) is 0. The van der Waals surface area contributed by atoms with Crippen LogP contribution in [0.4, 0.5) is 0 Å². The minimum absolute atomic E-state index is 0. The van der Waals surface area contributed by atoms with Gasteiger partial charge in [-0.05, 0) is 25.7 Å².